The number of methoxy groups -OCH3 is 1. The van der Waals surface area contributed by atoms with E-state index in [2.05, 4.69) is 11.1 Å². The minimum absolute atomic E-state index is 0.00427. The highest BCUT2D eigenvalue weighted by Crippen LogP contribution is 2.29. The fourth-order valence-electron chi connectivity index (χ4n) is 3.17. The van der Waals surface area contributed by atoms with Crippen molar-refractivity contribution < 1.29 is 22.7 Å². The van der Waals surface area contributed by atoms with Gasteiger partial charge in [-0.1, -0.05) is 36.4 Å². The molecule has 0 unspecified atom stereocenters. The lowest BCUT2D eigenvalue weighted by molar-refractivity contribution is -0.126. The van der Waals surface area contributed by atoms with Crippen LogP contribution in [0.5, 0.6) is 0 Å². The molecule has 2 N–H and O–H groups in total. The Balaban J connectivity index is 0.000000247. The third kappa shape index (κ3) is 8.38. The average Bonchev–Trinajstić information content (AvgIpc) is 3.27. The van der Waals surface area contributed by atoms with Crippen LogP contribution in [-0.2, 0) is 22.5 Å². The summed E-state index contributed by atoms with van der Waals surface area (Å²) in [6.45, 7) is 3.91. The molecule has 6 nitrogen and oxygen atoms in total. The number of nitrogens with two attached hydrogens (primary N) is 1. The number of thiophene rings is 1. The SMILES string of the molecule is CCN=C/C(=C(\N)C(F)(F)F)c1ccccc1.COC/C=C/C(=O)N1CCc2cc(C#N)sc2C1. The van der Waals surface area contributed by atoms with Crippen LogP contribution in [0.3, 0.4) is 0 Å². The first-order valence-corrected chi connectivity index (χ1v) is 11.6. The number of alkyl halides is 3. The summed E-state index contributed by atoms with van der Waals surface area (Å²) < 4.78 is 42.6. The van der Waals surface area contributed by atoms with E-state index >= 15 is 0 Å². The molecule has 35 heavy (non-hydrogen) atoms. The number of rotatable bonds is 6. The van der Waals surface area contributed by atoms with E-state index in [1.165, 1.54) is 16.9 Å². The maximum atomic E-state index is 12.6. The molecule has 10 heteroatoms. The quantitative estimate of drug-likeness (QED) is 0.455. The van der Waals surface area contributed by atoms with Gasteiger partial charge in [-0.15, -0.1) is 11.3 Å². The number of nitriles is 1. The van der Waals surface area contributed by atoms with E-state index < -0.39 is 11.9 Å². The van der Waals surface area contributed by atoms with Crippen molar-refractivity contribution in [3.05, 3.63) is 75.1 Å². The molecule has 1 amide bonds. The third-order valence-corrected chi connectivity index (χ3v) is 5.98. The van der Waals surface area contributed by atoms with Gasteiger partial charge in [0.1, 0.15) is 16.6 Å². The zero-order valence-electron chi connectivity index (χ0n) is 19.5. The Hall–Kier alpha value is -3.42. The Morgan fingerprint density at radius 1 is 1.34 bits per heavy atom. The van der Waals surface area contributed by atoms with Crippen LogP contribution in [0.15, 0.2) is 59.2 Å². The lowest BCUT2D eigenvalue weighted by Crippen LogP contribution is -2.34. The number of benzene rings is 1. The Bertz CT molecular complexity index is 1120. The summed E-state index contributed by atoms with van der Waals surface area (Å²) in [5.41, 5.74) is 5.52. The summed E-state index contributed by atoms with van der Waals surface area (Å²) in [4.78, 5) is 19.4. The highest BCUT2D eigenvalue weighted by molar-refractivity contribution is 7.12. The van der Waals surface area contributed by atoms with Crippen LogP contribution < -0.4 is 5.73 Å². The van der Waals surface area contributed by atoms with Crippen molar-refractivity contribution in [2.75, 3.05) is 26.8 Å². The van der Waals surface area contributed by atoms with Crippen molar-refractivity contribution in [3.63, 3.8) is 0 Å². The molecule has 0 radical (unpaired) electrons. The van der Waals surface area contributed by atoms with Crippen molar-refractivity contribution in [3.8, 4) is 6.07 Å². The number of ether oxygens (including phenoxy) is 1. The highest BCUT2D eigenvalue weighted by atomic mass is 32.1. The van der Waals surface area contributed by atoms with E-state index in [9.17, 15) is 18.0 Å². The lowest BCUT2D eigenvalue weighted by Gasteiger charge is -2.25. The summed E-state index contributed by atoms with van der Waals surface area (Å²) in [5.74, 6) is 0.00427. The molecule has 0 atom stereocenters. The number of halogens is 3. The van der Waals surface area contributed by atoms with E-state index in [0.717, 1.165) is 22.4 Å². The second-order valence-electron chi connectivity index (χ2n) is 7.36. The van der Waals surface area contributed by atoms with Gasteiger partial charge in [-0.05, 0) is 30.5 Å². The number of nitrogens with zero attached hydrogens (tertiary/aromatic N) is 3. The summed E-state index contributed by atoms with van der Waals surface area (Å²) in [5, 5.41) is 8.86. The molecule has 1 aromatic carbocycles. The molecular weight excluding hydrogens is 477 g/mol. The molecule has 1 aromatic heterocycles. The standard InChI is InChI=1S/C13H14N2O2S.C12H13F3N2/c1-17-6-2-3-13(16)15-5-4-10-7-11(8-14)18-12(10)9-15;1-2-17-8-10(11(16)12(13,14)15)9-6-4-3-5-7-9/h2-3,7H,4-6,9H2,1H3;3-8H,2,16H2,1H3/b3-2+;11-10+,17-8?. The Morgan fingerprint density at radius 3 is 2.66 bits per heavy atom. The van der Waals surface area contributed by atoms with Gasteiger partial charge in [0.05, 0.1) is 13.2 Å². The molecule has 0 fully saturated rings. The van der Waals surface area contributed by atoms with Crippen molar-refractivity contribution in [1.82, 2.24) is 4.90 Å². The molecule has 0 spiro atoms. The van der Waals surface area contributed by atoms with Gasteiger partial charge in [0.25, 0.3) is 0 Å². The maximum absolute atomic E-state index is 12.6. The number of fused-ring (bicyclic) bond motifs is 1. The molecule has 186 valence electrons. The zero-order valence-corrected chi connectivity index (χ0v) is 20.3. The first-order valence-electron chi connectivity index (χ1n) is 10.8. The summed E-state index contributed by atoms with van der Waals surface area (Å²) in [7, 11) is 1.59. The first kappa shape index (κ1) is 27.8. The molecule has 0 saturated heterocycles. The van der Waals surface area contributed by atoms with Crippen LogP contribution in [0.25, 0.3) is 5.57 Å². The van der Waals surface area contributed by atoms with Gasteiger partial charge < -0.3 is 15.4 Å². The van der Waals surface area contributed by atoms with E-state index in [4.69, 9.17) is 15.7 Å². The molecule has 2 heterocycles. The number of amides is 1. The van der Waals surface area contributed by atoms with Crippen LogP contribution in [0.4, 0.5) is 13.2 Å². The Labute approximate surface area is 206 Å². The smallest absolute Gasteiger partial charge is 0.394 e. The van der Waals surface area contributed by atoms with Crippen LogP contribution >= 0.6 is 11.3 Å². The predicted molar refractivity (Wildman–Crippen MR) is 132 cm³/mol. The van der Waals surface area contributed by atoms with Gasteiger partial charge in [-0.25, -0.2) is 0 Å². The molecule has 2 aromatic rings. The van der Waals surface area contributed by atoms with Crippen LogP contribution in [0.1, 0.15) is 27.8 Å². The van der Waals surface area contributed by atoms with Gasteiger partial charge in [-0.3, -0.25) is 9.79 Å². The normalized spacial score (nSPS) is 14.2. The fraction of sp³-hybridized carbons (Fsp3) is 0.320. The van der Waals surface area contributed by atoms with Crippen LogP contribution in [0.2, 0.25) is 0 Å². The van der Waals surface area contributed by atoms with Gasteiger partial charge in [0.2, 0.25) is 5.91 Å². The predicted octanol–water partition coefficient (Wildman–Crippen LogP) is 4.72. The molecular formula is C25H27F3N4O2S. The van der Waals surface area contributed by atoms with E-state index in [-0.39, 0.29) is 11.5 Å². The molecule has 0 saturated carbocycles. The van der Waals surface area contributed by atoms with Gasteiger partial charge in [0, 0.05) is 42.9 Å². The van der Waals surface area contributed by atoms with Crippen molar-refractivity contribution in [1.29, 1.82) is 5.26 Å². The number of aliphatic imine (C=N–C) groups is 1. The number of carbonyl (C=O) groups excluding carboxylic acids is 1. The minimum atomic E-state index is -4.55. The largest absolute Gasteiger partial charge is 0.431 e. The molecule has 0 bridgehead atoms. The Morgan fingerprint density at radius 2 is 2.06 bits per heavy atom. The van der Waals surface area contributed by atoms with E-state index in [1.54, 1.807) is 61.4 Å². The second kappa shape index (κ2) is 13.5. The second-order valence-corrected chi connectivity index (χ2v) is 8.49. The lowest BCUT2D eigenvalue weighted by atomic mass is 10.0. The maximum Gasteiger partial charge on any atom is 0.431 e. The number of hydrogen-bond acceptors (Lipinski definition) is 6. The first-order chi connectivity index (χ1) is 16.7. The number of hydrogen-bond donors (Lipinski definition) is 1. The van der Waals surface area contributed by atoms with Gasteiger partial charge >= 0.3 is 6.18 Å². The molecule has 1 aliphatic rings. The molecule has 1 aliphatic heterocycles. The number of carbonyl (C=O) groups is 1. The van der Waals surface area contributed by atoms with Crippen LogP contribution in [-0.4, -0.2) is 50.0 Å². The number of allylic oxidation sites excluding steroid dienone is 2. The third-order valence-electron chi connectivity index (χ3n) is 4.91. The van der Waals surface area contributed by atoms with Gasteiger partial charge in [-0.2, -0.15) is 18.4 Å². The monoisotopic (exact) mass is 504 g/mol. The van der Waals surface area contributed by atoms with Crippen molar-refractivity contribution >= 4 is 29.0 Å². The zero-order chi connectivity index (χ0) is 25.8. The summed E-state index contributed by atoms with van der Waals surface area (Å²) in [6, 6.07) is 12.2. The fourth-order valence-corrected chi connectivity index (χ4v) is 4.19. The molecule has 3 rings (SSSR count). The Kier molecular flexibility index (Phi) is 10.7. The van der Waals surface area contributed by atoms with E-state index in [1.807, 2.05) is 6.07 Å². The summed E-state index contributed by atoms with van der Waals surface area (Å²) in [6.07, 6.45) is 0.709. The van der Waals surface area contributed by atoms with Crippen LogP contribution in [0, 0.1) is 11.3 Å². The highest BCUT2D eigenvalue weighted by Gasteiger charge is 2.34. The minimum Gasteiger partial charge on any atom is -0.394 e. The average molecular weight is 505 g/mol. The van der Waals surface area contributed by atoms with Crippen molar-refractivity contribution in [2.24, 2.45) is 10.7 Å². The van der Waals surface area contributed by atoms with E-state index in [0.29, 0.717) is 31.8 Å². The topological polar surface area (TPSA) is 91.7 Å². The summed E-state index contributed by atoms with van der Waals surface area (Å²) >= 11 is 1.48. The van der Waals surface area contributed by atoms with Gasteiger partial charge in [0.15, 0.2) is 0 Å². The van der Waals surface area contributed by atoms with Crippen molar-refractivity contribution in [2.45, 2.75) is 26.1 Å². The molecule has 0 aliphatic carbocycles.